The average Bonchev–Trinajstić information content (AvgIpc) is 2.48. The van der Waals surface area contributed by atoms with E-state index < -0.39 is 17.7 Å². The van der Waals surface area contributed by atoms with Crippen molar-refractivity contribution in [1.82, 2.24) is 4.90 Å². The minimum atomic E-state index is -0.826. The largest absolute Gasteiger partial charge is 0.481 e. The molecule has 23 heavy (non-hydrogen) atoms. The second-order valence-electron chi connectivity index (χ2n) is 5.71. The van der Waals surface area contributed by atoms with Crippen LogP contribution in [0.5, 0.6) is 0 Å². The topological polar surface area (TPSA) is 86.7 Å². The molecule has 0 aliphatic carbocycles. The molecule has 0 atom stereocenters. The van der Waals surface area contributed by atoms with Gasteiger partial charge in [-0.2, -0.15) is 0 Å². The molecule has 2 N–H and O–H groups in total. The van der Waals surface area contributed by atoms with Gasteiger partial charge in [-0.3, -0.25) is 14.4 Å². The van der Waals surface area contributed by atoms with E-state index in [2.05, 4.69) is 5.32 Å². The van der Waals surface area contributed by atoms with Gasteiger partial charge in [-0.1, -0.05) is 0 Å². The summed E-state index contributed by atoms with van der Waals surface area (Å²) in [6, 6.07) is 3.85. The second-order valence-corrected chi connectivity index (χ2v) is 5.71. The Balaban J connectivity index is 2.04. The summed E-state index contributed by atoms with van der Waals surface area (Å²) in [5.41, 5.74) is 0.274. The molecule has 7 heteroatoms. The van der Waals surface area contributed by atoms with Gasteiger partial charge in [0.2, 0.25) is 5.91 Å². The van der Waals surface area contributed by atoms with Crippen molar-refractivity contribution in [2.45, 2.75) is 26.2 Å². The summed E-state index contributed by atoms with van der Waals surface area (Å²) < 4.78 is 13.6. The van der Waals surface area contributed by atoms with Crippen molar-refractivity contribution in [2.75, 3.05) is 18.4 Å². The number of benzene rings is 1. The van der Waals surface area contributed by atoms with E-state index in [4.69, 9.17) is 5.11 Å². The van der Waals surface area contributed by atoms with Crippen LogP contribution in [0.15, 0.2) is 18.2 Å². The number of likely N-dealkylation sites (tertiary alicyclic amines) is 1. The summed E-state index contributed by atoms with van der Waals surface area (Å²) in [6.45, 7) is 2.22. The first-order valence-electron chi connectivity index (χ1n) is 7.45. The van der Waals surface area contributed by atoms with Crippen LogP contribution in [-0.4, -0.2) is 40.9 Å². The number of carbonyl (C=O) groups is 3. The van der Waals surface area contributed by atoms with Gasteiger partial charge in [0.05, 0.1) is 5.69 Å². The van der Waals surface area contributed by atoms with E-state index in [0.29, 0.717) is 31.5 Å². The van der Waals surface area contributed by atoms with Gasteiger partial charge in [0, 0.05) is 32.0 Å². The number of rotatable bonds is 4. The normalized spacial score (nSPS) is 15.3. The fraction of sp³-hybridized carbons (Fsp3) is 0.438. The lowest BCUT2D eigenvalue weighted by atomic mass is 9.93. The van der Waals surface area contributed by atoms with E-state index in [1.807, 2.05) is 0 Å². The first-order valence-corrected chi connectivity index (χ1v) is 7.45. The summed E-state index contributed by atoms with van der Waals surface area (Å²) in [5.74, 6) is -2.00. The molecule has 0 radical (unpaired) electrons. The minimum Gasteiger partial charge on any atom is -0.481 e. The Kier molecular flexibility index (Phi) is 5.31. The van der Waals surface area contributed by atoms with Gasteiger partial charge < -0.3 is 15.3 Å². The minimum absolute atomic E-state index is 0.0240. The van der Waals surface area contributed by atoms with Gasteiger partial charge in [0.1, 0.15) is 5.82 Å². The number of hydrogen-bond acceptors (Lipinski definition) is 3. The Morgan fingerprint density at radius 2 is 1.96 bits per heavy atom. The maximum Gasteiger partial charge on any atom is 0.303 e. The molecule has 6 nitrogen and oxygen atoms in total. The summed E-state index contributed by atoms with van der Waals surface area (Å²) in [6.07, 6.45) is 1.39. The molecule has 2 rings (SSSR count). The van der Waals surface area contributed by atoms with Gasteiger partial charge in [0.15, 0.2) is 0 Å². The SMILES string of the molecule is CC(=O)Nc1cc(C(=O)N2CCC(CC(=O)O)CC2)ccc1F. The Hall–Kier alpha value is -2.44. The Labute approximate surface area is 133 Å². The summed E-state index contributed by atoms with van der Waals surface area (Å²) >= 11 is 0. The number of nitrogens with one attached hydrogen (secondary N) is 1. The molecule has 1 heterocycles. The smallest absolute Gasteiger partial charge is 0.303 e. The van der Waals surface area contributed by atoms with Gasteiger partial charge in [0.25, 0.3) is 5.91 Å². The molecular weight excluding hydrogens is 303 g/mol. The summed E-state index contributed by atoms with van der Waals surface area (Å²) in [5, 5.41) is 11.1. The van der Waals surface area contributed by atoms with E-state index in [-0.39, 0.29) is 23.9 Å². The standard InChI is InChI=1S/C16H19FN2O4/c1-10(20)18-14-9-12(2-3-13(14)17)16(23)19-6-4-11(5-7-19)8-15(21)22/h2-3,9,11H,4-8H2,1H3,(H,18,20)(H,21,22). The van der Waals surface area contributed by atoms with Gasteiger partial charge >= 0.3 is 5.97 Å². The van der Waals surface area contributed by atoms with E-state index in [1.165, 1.54) is 19.1 Å². The lowest BCUT2D eigenvalue weighted by molar-refractivity contribution is -0.138. The van der Waals surface area contributed by atoms with Crippen molar-refractivity contribution in [2.24, 2.45) is 5.92 Å². The number of piperidine rings is 1. The van der Waals surface area contributed by atoms with Crippen LogP contribution in [0.2, 0.25) is 0 Å². The molecular formula is C16H19FN2O4. The zero-order valence-electron chi connectivity index (χ0n) is 12.8. The Morgan fingerprint density at radius 3 is 2.52 bits per heavy atom. The van der Waals surface area contributed by atoms with Crippen molar-refractivity contribution in [3.05, 3.63) is 29.6 Å². The van der Waals surface area contributed by atoms with Crippen LogP contribution in [-0.2, 0) is 9.59 Å². The zero-order valence-corrected chi connectivity index (χ0v) is 12.8. The quantitative estimate of drug-likeness (QED) is 0.889. The van der Waals surface area contributed by atoms with Crippen LogP contribution in [0.4, 0.5) is 10.1 Å². The second kappa shape index (κ2) is 7.21. The number of carbonyl (C=O) groups excluding carboxylic acids is 2. The molecule has 0 saturated carbocycles. The molecule has 1 fully saturated rings. The lowest BCUT2D eigenvalue weighted by Crippen LogP contribution is -2.39. The highest BCUT2D eigenvalue weighted by atomic mass is 19.1. The molecule has 1 aromatic carbocycles. The van der Waals surface area contributed by atoms with E-state index in [9.17, 15) is 18.8 Å². The van der Waals surface area contributed by atoms with Gasteiger partial charge in [-0.15, -0.1) is 0 Å². The number of aliphatic carboxylic acids is 1. The predicted octanol–water partition coefficient (Wildman–Crippen LogP) is 2.11. The third kappa shape index (κ3) is 4.51. The van der Waals surface area contributed by atoms with Gasteiger partial charge in [-0.05, 0) is 37.0 Å². The van der Waals surface area contributed by atoms with E-state index in [0.717, 1.165) is 6.07 Å². The summed E-state index contributed by atoms with van der Waals surface area (Å²) in [7, 11) is 0. The zero-order chi connectivity index (χ0) is 17.0. The number of hydrogen-bond donors (Lipinski definition) is 2. The van der Waals surface area contributed by atoms with Crippen molar-refractivity contribution in [3.8, 4) is 0 Å². The van der Waals surface area contributed by atoms with E-state index >= 15 is 0 Å². The molecule has 0 spiro atoms. The number of amides is 2. The van der Waals surface area contributed by atoms with Crippen molar-refractivity contribution < 1.29 is 23.9 Å². The first kappa shape index (κ1) is 16.9. The van der Waals surface area contributed by atoms with Crippen LogP contribution in [0.1, 0.15) is 36.5 Å². The molecule has 1 aliphatic rings. The highest BCUT2D eigenvalue weighted by molar-refractivity contribution is 5.97. The molecule has 0 aromatic heterocycles. The number of halogens is 1. The summed E-state index contributed by atoms with van der Waals surface area (Å²) in [4.78, 5) is 35.8. The number of carboxylic acids is 1. The predicted molar refractivity (Wildman–Crippen MR) is 81.6 cm³/mol. The monoisotopic (exact) mass is 322 g/mol. The highest BCUT2D eigenvalue weighted by Gasteiger charge is 2.25. The Morgan fingerprint density at radius 1 is 1.30 bits per heavy atom. The molecule has 0 bridgehead atoms. The van der Waals surface area contributed by atoms with Crippen LogP contribution < -0.4 is 5.32 Å². The van der Waals surface area contributed by atoms with Crippen LogP contribution in [0, 0.1) is 11.7 Å². The number of anilines is 1. The highest BCUT2D eigenvalue weighted by Crippen LogP contribution is 2.23. The third-order valence-corrected chi connectivity index (χ3v) is 3.89. The fourth-order valence-electron chi connectivity index (χ4n) is 2.71. The van der Waals surface area contributed by atoms with Crippen LogP contribution in [0.25, 0.3) is 0 Å². The van der Waals surface area contributed by atoms with Crippen molar-refractivity contribution >= 4 is 23.5 Å². The Bertz CT molecular complexity index is 625. The van der Waals surface area contributed by atoms with E-state index in [1.54, 1.807) is 4.90 Å². The van der Waals surface area contributed by atoms with Crippen LogP contribution in [0.3, 0.4) is 0 Å². The van der Waals surface area contributed by atoms with Gasteiger partial charge in [-0.25, -0.2) is 4.39 Å². The maximum absolute atomic E-state index is 13.6. The molecule has 2 amide bonds. The van der Waals surface area contributed by atoms with Crippen molar-refractivity contribution in [3.63, 3.8) is 0 Å². The van der Waals surface area contributed by atoms with Crippen molar-refractivity contribution in [1.29, 1.82) is 0 Å². The third-order valence-electron chi connectivity index (χ3n) is 3.89. The molecule has 1 aliphatic heterocycles. The lowest BCUT2D eigenvalue weighted by Gasteiger charge is -2.31. The molecule has 1 aromatic rings. The molecule has 1 saturated heterocycles. The number of carboxylic acid groups (broad SMARTS) is 1. The fourth-order valence-corrected chi connectivity index (χ4v) is 2.71. The van der Waals surface area contributed by atoms with Crippen LogP contribution >= 0.6 is 0 Å². The number of nitrogens with zero attached hydrogens (tertiary/aromatic N) is 1. The first-order chi connectivity index (χ1) is 10.9. The molecule has 124 valence electrons. The average molecular weight is 322 g/mol. The maximum atomic E-state index is 13.6. The molecule has 0 unspecified atom stereocenters.